The highest BCUT2D eigenvalue weighted by Crippen LogP contribution is 2.29. The molecule has 0 fully saturated rings. The highest BCUT2D eigenvalue weighted by Gasteiger charge is 2.30. The third-order valence-corrected chi connectivity index (χ3v) is 4.41. The zero-order valence-corrected chi connectivity index (χ0v) is 13.8. The maximum absolute atomic E-state index is 12.9. The monoisotopic (exact) mass is 309 g/mol. The van der Waals surface area contributed by atoms with E-state index in [1.54, 1.807) is 0 Å². The number of aryl methyl sites for hydroxylation is 1. The molecule has 0 unspecified atom stereocenters. The first-order valence-electron chi connectivity index (χ1n) is 8.37. The van der Waals surface area contributed by atoms with Gasteiger partial charge in [0.1, 0.15) is 5.75 Å². The molecule has 2 aromatic carbocycles. The van der Waals surface area contributed by atoms with E-state index in [2.05, 4.69) is 25.1 Å². The van der Waals surface area contributed by atoms with Crippen molar-refractivity contribution in [2.24, 2.45) is 0 Å². The van der Waals surface area contributed by atoms with Crippen LogP contribution in [0.25, 0.3) is 0 Å². The Hall–Kier alpha value is -2.29. The van der Waals surface area contributed by atoms with Gasteiger partial charge in [-0.05, 0) is 48.6 Å². The van der Waals surface area contributed by atoms with Crippen LogP contribution < -0.4 is 9.64 Å². The molecule has 0 saturated carbocycles. The number of carbonyl (C=O) groups is 1. The lowest BCUT2D eigenvalue weighted by Crippen LogP contribution is -2.41. The number of rotatable bonds is 5. The number of benzene rings is 2. The number of ether oxygens (including phenoxy) is 1. The van der Waals surface area contributed by atoms with E-state index in [9.17, 15) is 4.79 Å². The number of amides is 1. The van der Waals surface area contributed by atoms with Crippen LogP contribution >= 0.6 is 0 Å². The van der Waals surface area contributed by atoms with Gasteiger partial charge in [0.05, 0.1) is 0 Å². The summed E-state index contributed by atoms with van der Waals surface area (Å²) in [5, 5.41) is 0. The van der Waals surface area contributed by atoms with Crippen LogP contribution in [-0.2, 0) is 17.6 Å². The molecule has 1 amide bonds. The molecule has 2 aromatic rings. The van der Waals surface area contributed by atoms with Crippen molar-refractivity contribution in [3.05, 3.63) is 59.7 Å². The zero-order valence-electron chi connectivity index (χ0n) is 13.8. The Labute approximate surface area is 137 Å². The molecule has 0 spiro atoms. The second-order valence-electron chi connectivity index (χ2n) is 5.88. The summed E-state index contributed by atoms with van der Waals surface area (Å²) in [6.45, 7) is 4.86. The number of hydrogen-bond acceptors (Lipinski definition) is 2. The van der Waals surface area contributed by atoms with Crippen LogP contribution in [0.4, 0.5) is 5.69 Å². The average Bonchev–Trinajstić information content (AvgIpc) is 3.03. The lowest BCUT2D eigenvalue weighted by molar-refractivity contribution is -0.125. The van der Waals surface area contributed by atoms with E-state index in [-0.39, 0.29) is 5.91 Å². The lowest BCUT2D eigenvalue weighted by atomic mass is 10.1. The van der Waals surface area contributed by atoms with Crippen molar-refractivity contribution in [2.45, 2.75) is 39.2 Å². The van der Waals surface area contributed by atoms with Gasteiger partial charge in [0.2, 0.25) is 0 Å². The summed E-state index contributed by atoms with van der Waals surface area (Å²) in [4.78, 5) is 14.7. The quantitative estimate of drug-likeness (QED) is 0.835. The van der Waals surface area contributed by atoms with E-state index < -0.39 is 6.10 Å². The second kappa shape index (κ2) is 6.86. The number of carbonyl (C=O) groups excluding carboxylic acids is 1. The molecule has 1 atom stereocenters. The molecule has 0 aromatic heterocycles. The molecule has 0 N–H and O–H groups in total. The topological polar surface area (TPSA) is 29.5 Å². The minimum atomic E-state index is -0.436. The number of fused-ring (bicyclic) bond motifs is 1. The molecular weight excluding hydrogens is 286 g/mol. The van der Waals surface area contributed by atoms with Gasteiger partial charge >= 0.3 is 0 Å². The molecule has 3 heteroatoms. The largest absolute Gasteiger partial charge is 0.481 e. The molecular formula is C20H23NO2. The zero-order chi connectivity index (χ0) is 16.2. The van der Waals surface area contributed by atoms with Crippen LogP contribution in [0.2, 0.25) is 0 Å². The molecule has 0 saturated heterocycles. The third-order valence-electron chi connectivity index (χ3n) is 4.41. The molecule has 1 aliphatic heterocycles. The first-order chi connectivity index (χ1) is 11.2. The van der Waals surface area contributed by atoms with Crippen LogP contribution in [0.1, 0.15) is 31.4 Å². The van der Waals surface area contributed by atoms with Gasteiger partial charge in [-0.1, -0.05) is 44.2 Å². The maximum Gasteiger partial charge on any atom is 0.268 e. The van der Waals surface area contributed by atoms with E-state index in [0.717, 1.165) is 30.8 Å². The predicted octanol–water partition coefficient (Wildman–Crippen LogP) is 4.00. The number of nitrogens with zero attached hydrogens (tertiary/aromatic N) is 1. The standard InChI is InChI=1S/C20H23NO2/c1-3-15-9-11-17(12-10-15)23-19(4-2)20(22)21-14-13-16-7-5-6-8-18(16)21/h5-12,19H,3-4,13-14H2,1-2H3/t19-/m0/s1. The van der Waals surface area contributed by atoms with Crippen molar-refractivity contribution in [3.63, 3.8) is 0 Å². The van der Waals surface area contributed by atoms with Crippen molar-refractivity contribution in [1.82, 2.24) is 0 Å². The normalized spacial score (nSPS) is 14.4. The number of anilines is 1. The summed E-state index contributed by atoms with van der Waals surface area (Å²) in [5.74, 6) is 0.812. The van der Waals surface area contributed by atoms with Crippen molar-refractivity contribution in [1.29, 1.82) is 0 Å². The fraction of sp³-hybridized carbons (Fsp3) is 0.350. The fourth-order valence-corrected chi connectivity index (χ4v) is 3.02. The second-order valence-corrected chi connectivity index (χ2v) is 5.88. The van der Waals surface area contributed by atoms with Crippen LogP contribution in [0, 0.1) is 0 Å². The first kappa shape index (κ1) is 15.6. The Kier molecular flexibility index (Phi) is 4.65. The highest BCUT2D eigenvalue weighted by atomic mass is 16.5. The first-order valence-corrected chi connectivity index (χ1v) is 8.37. The maximum atomic E-state index is 12.9. The van der Waals surface area contributed by atoms with Crippen molar-refractivity contribution < 1.29 is 9.53 Å². The third kappa shape index (κ3) is 3.24. The minimum absolute atomic E-state index is 0.0528. The van der Waals surface area contributed by atoms with Crippen LogP contribution in [0.3, 0.4) is 0 Å². The SMILES string of the molecule is CCc1ccc(O[C@@H](CC)C(=O)N2CCc3ccccc32)cc1. The van der Waals surface area contributed by atoms with E-state index in [1.807, 2.05) is 42.2 Å². The van der Waals surface area contributed by atoms with E-state index >= 15 is 0 Å². The molecule has 1 heterocycles. The molecule has 1 aliphatic rings. The Bertz CT molecular complexity index is 678. The van der Waals surface area contributed by atoms with Gasteiger partial charge in [0.15, 0.2) is 6.10 Å². The lowest BCUT2D eigenvalue weighted by Gasteiger charge is -2.24. The van der Waals surface area contributed by atoms with Crippen molar-refractivity contribution in [3.8, 4) is 5.75 Å². The molecule has 120 valence electrons. The summed E-state index contributed by atoms with van der Waals surface area (Å²) >= 11 is 0. The Morgan fingerprint density at radius 2 is 1.87 bits per heavy atom. The van der Waals surface area contributed by atoms with Gasteiger partial charge in [0, 0.05) is 12.2 Å². The van der Waals surface area contributed by atoms with Gasteiger partial charge in [-0.25, -0.2) is 0 Å². The average molecular weight is 309 g/mol. The molecule has 0 aliphatic carbocycles. The summed E-state index contributed by atoms with van der Waals surface area (Å²) in [6, 6.07) is 16.1. The Morgan fingerprint density at radius 3 is 2.57 bits per heavy atom. The van der Waals surface area contributed by atoms with E-state index in [1.165, 1.54) is 11.1 Å². The van der Waals surface area contributed by atoms with Gasteiger partial charge in [-0.2, -0.15) is 0 Å². The Morgan fingerprint density at radius 1 is 1.13 bits per heavy atom. The van der Waals surface area contributed by atoms with Crippen molar-refractivity contribution in [2.75, 3.05) is 11.4 Å². The summed E-state index contributed by atoms with van der Waals surface area (Å²) in [7, 11) is 0. The van der Waals surface area contributed by atoms with Gasteiger partial charge in [-0.3, -0.25) is 4.79 Å². The highest BCUT2D eigenvalue weighted by molar-refractivity contribution is 5.98. The molecule has 3 rings (SSSR count). The van der Waals surface area contributed by atoms with E-state index in [0.29, 0.717) is 6.42 Å². The van der Waals surface area contributed by atoms with Gasteiger partial charge < -0.3 is 9.64 Å². The van der Waals surface area contributed by atoms with E-state index in [4.69, 9.17) is 4.74 Å². The summed E-state index contributed by atoms with van der Waals surface area (Å²) < 4.78 is 5.96. The van der Waals surface area contributed by atoms with Crippen LogP contribution in [0.15, 0.2) is 48.5 Å². The van der Waals surface area contributed by atoms with Crippen molar-refractivity contribution >= 4 is 11.6 Å². The summed E-state index contributed by atoms with van der Waals surface area (Å²) in [5.41, 5.74) is 3.54. The summed E-state index contributed by atoms with van der Waals surface area (Å²) in [6.07, 6.45) is 2.14. The van der Waals surface area contributed by atoms with Crippen LogP contribution in [-0.4, -0.2) is 18.6 Å². The molecule has 3 nitrogen and oxygen atoms in total. The predicted molar refractivity (Wildman–Crippen MR) is 93.0 cm³/mol. The Balaban J connectivity index is 1.74. The number of para-hydroxylation sites is 1. The molecule has 23 heavy (non-hydrogen) atoms. The number of hydrogen-bond donors (Lipinski definition) is 0. The van der Waals surface area contributed by atoms with Crippen LogP contribution in [0.5, 0.6) is 5.75 Å². The minimum Gasteiger partial charge on any atom is -0.481 e. The van der Waals surface area contributed by atoms with Gasteiger partial charge in [0.25, 0.3) is 5.91 Å². The smallest absolute Gasteiger partial charge is 0.268 e. The molecule has 0 bridgehead atoms. The molecule has 0 radical (unpaired) electrons. The fourth-order valence-electron chi connectivity index (χ4n) is 3.02. The van der Waals surface area contributed by atoms with Gasteiger partial charge in [-0.15, -0.1) is 0 Å².